The molecule has 5 rings (SSSR count). The van der Waals surface area contributed by atoms with Gasteiger partial charge in [-0.1, -0.05) is 60.1 Å². The normalized spacial score (nSPS) is 28.2. The highest BCUT2D eigenvalue weighted by atomic mass is 35.5. The van der Waals surface area contributed by atoms with Gasteiger partial charge < -0.3 is 19.6 Å². The van der Waals surface area contributed by atoms with E-state index in [2.05, 4.69) is 6.58 Å². The lowest BCUT2D eigenvalue weighted by Gasteiger charge is -2.39. The van der Waals surface area contributed by atoms with Crippen LogP contribution in [0.25, 0.3) is 0 Å². The minimum Gasteiger partial charge on any atom is -0.466 e. The van der Waals surface area contributed by atoms with Crippen molar-refractivity contribution in [2.45, 2.75) is 41.8 Å². The molecule has 3 aliphatic heterocycles. The summed E-state index contributed by atoms with van der Waals surface area (Å²) in [6, 6.07) is 14.6. The van der Waals surface area contributed by atoms with Crippen molar-refractivity contribution in [1.82, 2.24) is 4.90 Å². The molecule has 1 N–H and O–H groups in total. The average molecular weight is 555 g/mol. The molecule has 3 fully saturated rings. The summed E-state index contributed by atoms with van der Waals surface area (Å²) in [6.07, 6.45) is 2.94. The number of anilines is 1. The number of ether oxygens (including phenoxy) is 1. The van der Waals surface area contributed by atoms with Gasteiger partial charge >= 0.3 is 5.97 Å². The van der Waals surface area contributed by atoms with Gasteiger partial charge in [0.1, 0.15) is 6.04 Å². The predicted octanol–water partition coefficient (Wildman–Crippen LogP) is 4.25. The summed E-state index contributed by atoms with van der Waals surface area (Å²) < 4.78 is 4.59. The van der Waals surface area contributed by atoms with Crippen LogP contribution in [0.3, 0.4) is 0 Å². The SMILES string of the molecule is C=CCN(C(=O)C1N([C@H](CO)c2ccccc2)C(=O)[C@@H]2[C@@H](C(=O)OCC)[C@H]3CCC12S3)c1ccccc1Cl. The lowest BCUT2D eigenvalue weighted by atomic mass is 9.71. The monoisotopic (exact) mass is 554 g/mol. The summed E-state index contributed by atoms with van der Waals surface area (Å²) in [7, 11) is 0. The van der Waals surface area contributed by atoms with Crippen LogP contribution >= 0.6 is 23.4 Å². The van der Waals surface area contributed by atoms with Crippen molar-refractivity contribution >= 4 is 46.8 Å². The van der Waals surface area contributed by atoms with Crippen LogP contribution in [0, 0.1) is 11.8 Å². The van der Waals surface area contributed by atoms with Crippen LogP contribution in [0.2, 0.25) is 5.02 Å². The second kappa shape index (κ2) is 10.8. The number of amides is 2. The number of rotatable bonds is 9. The first-order valence-electron chi connectivity index (χ1n) is 12.9. The number of hydrogen-bond donors (Lipinski definition) is 1. The van der Waals surface area contributed by atoms with Gasteiger partial charge in [-0.2, -0.15) is 0 Å². The first-order valence-corrected chi connectivity index (χ1v) is 14.1. The number of nitrogens with zero attached hydrogens (tertiary/aromatic N) is 2. The van der Waals surface area contributed by atoms with E-state index < -0.39 is 34.6 Å². The van der Waals surface area contributed by atoms with E-state index >= 15 is 0 Å². The summed E-state index contributed by atoms with van der Waals surface area (Å²) in [5.74, 6) is -2.34. The van der Waals surface area contributed by atoms with Gasteiger partial charge in [-0.25, -0.2) is 0 Å². The number of esters is 1. The number of aliphatic hydroxyl groups is 1. The molecule has 6 atom stereocenters. The Morgan fingerprint density at radius 2 is 1.97 bits per heavy atom. The molecule has 2 aromatic carbocycles. The second-order valence-electron chi connectivity index (χ2n) is 9.85. The van der Waals surface area contributed by atoms with Crippen molar-refractivity contribution in [3.8, 4) is 0 Å². The van der Waals surface area contributed by atoms with Gasteiger partial charge in [0.05, 0.1) is 46.5 Å². The maximum atomic E-state index is 14.6. The van der Waals surface area contributed by atoms with E-state index in [4.69, 9.17) is 16.3 Å². The highest BCUT2D eigenvalue weighted by Gasteiger charge is 2.75. The Morgan fingerprint density at radius 1 is 1.26 bits per heavy atom. The Labute approximate surface area is 231 Å². The number of para-hydroxylation sites is 1. The number of fused-ring (bicyclic) bond motifs is 1. The number of carbonyl (C=O) groups is 3. The molecule has 3 aliphatic rings. The minimum absolute atomic E-state index is 0.0991. The summed E-state index contributed by atoms with van der Waals surface area (Å²) in [5, 5.41) is 10.9. The molecule has 38 heavy (non-hydrogen) atoms. The van der Waals surface area contributed by atoms with Crippen molar-refractivity contribution in [3.63, 3.8) is 0 Å². The number of hydrogen-bond acceptors (Lipinski definition) is 6. The third-order valence-electron chi connectivity index (χ3n) is 7.94. The molecule has 0 radical (unpaired) electrons. The molecular weight excluding hydrogens is 524 g/mol. The third kappa shape index (κ3) is 4.14. The summed E-state index contributed by atoms with van der Waals surface area (Å²) >= 11 is 8.09. The van der Waals surface area contributed by atoms with Gasteiger partial charge in [-0.05, 0) is 37.5 Å². The number of carbonyl (C=O) groups excluding carboxylic acids is 3. The van der Waals surface area contributed by atoms with Gasteiger partial charge in [0.25, 0.3) is 5.91 Å². The number of benzene rings is 2. The van der Waals surface area contributed by atoms with Crippen LogP contribution in [0.1, 0.15) is 31.4 Å². The van der Waals surface area contributed by atoms with E-state index in [9.17, 15) is 19.5 Å². The smallest absolute Gasteiger partial charge is 0.310 e. The van der Waals surface area contributed by atoms with E-state index in [1.807, 2.05) is 30.3 Å². The molecule has 3 saturated heterocycles. The van der Waals surface area contributed by atoms with Crippen LogP contribution in [-0.2, 0) is 19.1 Å². The predicted molar refractivity (Wildman–Crippen MR) is 148 cm³/mol. The summed E-state index contributed by atoms with van der Waals surface area (Å²) in [4.78, 5) is 45.2. The molecule has 2 bridgehead atoms. The zero-order chi connectivity index (χ0) is 27.0. The van der Waals surface area contributed by atoms with E-state index in [0.717, 1.165) is 5.56 Å². The fourth-order valence-corrected chi connectivity index (χ4v) is 8.92. The van der Waals surface area contributed by atoms with E-state index in [0.29, 0.717) is 23.6 Å². The number of halogens is 1. The van der Waals surface area contributed by atoms with Crippen LogP contribution in [-0.4, -0.2) is 63.6 Å². The summed E-state index contributed by atoms with van der Waals surface area (Å²) in [5.41, 5.74) is 1.24. The molecule has 0 saturated carbocycles. The first kappa shape index (κ1) is 26.8. The van der Waals surface area contributed by atoms with Crippen molar-refractivity contribution in [3.05, 3.63) is 77.8 Å². The number of aliphatic hydroxyl groups excluding tert-OH is 1. The van der Waals surface area contributed by atoms with Gasteiger partial charge in [-0.3, -0.25) is 14.4 Å². The Hall–Kier alpha value is -2.81. The molecule has 2 aromatic rings. The molecule has 1 spiro atoms. The Morgan fingerprint density at radius 3 is 2.63 bits per heavy atom. The van der Waals surface area contributed by atoms with Crippen molar-refractivity contribution in [1.29, 1.82) is 0 Å². The zero-order valence-corrected chi connectivity index (χ0v) is 22.7. The van der Waals surface area contributed by atoms with Gasteiger partial charge in [0.2, 0.25) is 5.91 Å². The van der Waals surface area contributed by atoms with Gasteiger partial charge in [-0.15, -0.1) is 18.3 Å². The number of likely N-dealkylation sites (tertiary alicyclic amines) is 1. The maximum absolute atomic E-state index is 14.6. The standard InChI is InChI=1S/C29H31ClN2O5S/c1-3-16-31(20-13-9-8-12-19(20)30)27(35)25-29-15-14-22(38-29)23(28(36)37-4-2)24(29)26(34)32(25)21(17-33)18-10-6-5-7-11-18/h3,5-13,21-25,33H,1,4,14-17H2,2H3/t21-,22-,23+,24+,25?,29?/m1/s1. The van der Waals surface area contributed by atoms with Gasteiger partial charge in [0.15, 0.2) is 0 Å². The fraction of sp³-hybridized carbons (Fsp3) is 0.414. The highest BCUT2D eigenvalue weighted by Crippen LogP contribution is 2.67. The largest absolute Gasteiger partial charge is 0.466 e. The zero-order valence-electron chi connectivity index (χ0n) is 21.2. The molecule has 2 unspecified atom stereocenters. The lowest BCUT2D eigenvalue weighted by molar-refractivity contribution is -0.154. The van der Waals surface area contributed by atoms with Crippen LogP contribution in [0.15, 0.2) is 67.3 Å². The van der Waals surface area contributed by atoms with Crippen LogP contribution in [0.4, 0.5) is 5.69 Å². The number of thioether (sulfide) groups is 1. The van der Waals surface area contributed by atoms with Crippen LogP contribution < -0.4 is 4.90 Å². The molecule has 0 aromatic heterocycles. The Balaban J connectivity index is 1.65. The molecular formula is C29H31ClN2O5S. The van der Waals surface area contributed by atoms with E-state index in [1.165, 1.54) is 4.90 Å². The second-order valence-corrected chi connectivity index (χ2v) is 11.9. The van der Waals surface area contributed by atoms with E-state index in [-0.39, 0.29) is 36.8 Å². The van der Waals surface area contributed by atoms with Crippen molar-refractivity contribution < 1.29 is 24.2 Å². The quantitative estimate of drug-likeness (QED) is 0.368. The fourth-order valence-electron chi connectivity index (χ4n) is 6.50. The maximum Gasteiger partial charge on any atom is 0.310 e. The van der Waals surface area contributed by atoms with Gasteiger partial charge in [0, 0.05) is 11.8 Å². The topological polar surface area (TPSA) is 87.2 Å². The molecule has 2 amide bonds. The molecule has 7 nitrogen and oxygen atoms in total. The summed E-state index contributed by atoms with van der Waals surface area (Å²) in [6.45, 7) is 5.63. The van der Waals surface area contributed by atoms with E-state index in [1.54, 1.807) is 53.9 Å². The van der Waals surface area contributed by atoms with Crippen molar-refractivity contribution in [2.24, 2.45) is 11.8 Å². The minimum atomic E-state index is -0.914. The molecule has 200 valence electrons. The Bertz CT molecular complexity index is 1240. The average Bonchev–Trinajstić information content (AvgIpc) is 3.56. The molecule has 9 heteroatoms. The molecule has 3 heterocycles. The first-order chi connectivity index (χ1) is 18.4. The van der Waals surface area contributed by atoms with Crippen LogP contribution in [0.5, 0.6) is 0 Å². The van der Waals surface area contributed by atoms with Crippen molar-refractivity contribution in [2.75, 3.05) is 24.7 Å². The molecule has 0 aliphatic carbocycles. The third-order valence-corrected chi connectivity index (χ3v) is 10.2. The Kier molecular flexibility index (Phi) is 7.58. The highest BCUT2D eigenvalue weighted by molar-refractivity contribution is 8.02. The lowest BCUT2D eigenvalue weighted by Crippen LogP contribution is -2.56.